The highest BCUT2D eigenvalue weighted by Crippen LogP contribution is 2.36. The fourth-order valence-electron chi connectivity index (χ4n) is 3.41. The number of aromatic nitrogens is 2. The molecule has 0 radical (unpaired) electrons. The van der Waals surface area contributed by atoms with Crippen molar-refractivity contribution in [3.05, 3.63) is 87.9 Å². The number of likely N-dealkylation sites (N-methyl/N-ethyl adjacent to an activating group) is 1. The Kier molecular flexibility index (Phi) is 6.78. The summed E-state index contributed by atoms with van der Waals surface area (Å²) in [5.41, 5.74) is -0.00824. The minimum Gasteiger partial charge on any atom is -0.373 e. The van der Waals surface area contributed by atoms with E-state index in [2.05, 4.69) is 23.7 Å². The normalized spacial score (nSPS) is 11.9. The second-order valence-corrected chi connectivity index (χ2v) is 7.57. The number of imidazole rings is 1. The minimum absolute atomic E-state index is 0.573. The van der Waals surface area contributed by atoms with Crippen molar-refractivity contribution in [2.24, 2.45) is 0 Å². The fraction of sp³-hybridized carbons (Fsp3) is 0.318. The summed E-state index contributed by atoms with van der Waals surface area (Å²) in [6.07, 6.45) is 3.64. The maximum atomic E-state index is 12.0. The van der Waals surface area contributed by atoms with Crippen LogP contribution >= 0.6 is 23.2 Å². The third kappa shape index (κ3) is 4.26. The summed E-state index contributed by atoms with van der Waals surface area (Å²) >= 11 is 12.2. The molecule has 4 nitrogen and oxygen atoms in total. The molecule has 0 aliphatic rings. The SMILES string of the molecule is CCN(CC)CCn1ccnc1C(O)(c1ccc(Cl)cc1)c1ccc(Cl)cc1. The molecule has 148 valence electrons. The Morgan fingerprint density at radius 1 is 0.929 bits per heavy atom. The largest absolute Gasteiger partial charge is 0.373 e. The van der Waals surface area contributed by atoms with E-state index in [0.717, 1.165) is 26.2 Å². The summed E-state index contributed by atoms with van der Waals surface area (Å²) in [6.45, 7) is 7.89. The number of hydrogen-bond acceptors (Lipinski definition) is 3. The van der Waals surface area contributed by atoms with E-state index in [1.807, 2.05) is 35.0 Å². The maximum absolute atomic E-state index is 12.0. The zero-order valence-electron chi connectivity index (χ0n) is 16.1. The van der Waals surface area contributed by atoms with Gasteiger partial charge in [-0.15, -0.1) is 0 Å². The molecule has 1 aromatic heterocycles. The molecule has 3 rings (SSSR count). The molecule has 0 aliphatic heterocycles. The lowest BCUT2D eigenvalue weighted by Gasteiger charge is -2.30. The van der Waals surface area contributed by atoms with Crippen LogP contribution in [0.4, 0.5) is 0 Å². The van der Waals surface area contributed by atoms with Gasteiger partial charge in [0.05, 0.1) is 0 Å². The summed E-state index contributed by atoms with van der Waals surface area (Å²) in [4.78, 5) is 6.88. The van der Waals surface area contributed by atoms with Gasteiger partial charge in [-0.05, 0) is 48.5 Å². The molecule has 0 amide bonds. The molecule has 0 spiro atoms. The molecular weight excluding hydrogens is 393 g/mol. The topological polar surface area (TPSA) is 41.3 Å². The number of rotatable bonds is 8. The van der Waals surface area contributed by atoms with Crippen molar-refractivity contribution in [2.45, 2.75) is 26.0 Å². The van der Waals surface area contributed by atoms with Crippen LogP contribution in [0.25, 0.3) is 0 Å². The Bertz CT molecular complexity index is 841. The second kappa shape index (κ2) is 9.10. The average molecular weight is 418 g/mol. The molecule has 2 aromatic carbocycles. The second-order valence-electron chi connectivity index (χ2n) is 6.70. The van der Waals surface area contributed by atoms with Crippen molar-refractivity contribution in [2.75, 3.05) is 19.6 Å². The van der Waals surface area contributed by atoms with E-state index in [0.29, 0.717) is 27.0 Å². The van der Waals surface area contributed by atoms with Gasteiger partial charge in [-0.1, -0.05) is 61.3 Å². The number of nitrogens with zero attached hydrogens (tertiary/aromatic N) is 3. The first-order valence-electron chi connectivity index (χ1n) is 9.47. The van der Waals surface area contributed by atoms with Gasteiger partial charge in [-0.25, -0.2) is 4.98 Å². The van der Waals surface area contributed by atoms with Crippen LogP contribution in [0.5, 0.6) is 0 Å². The molecule has 0 bridgehead atoms. The predicted molar refractivity (Wildman–Crippen MR) is 115 cm³/mol. The molecule has 0 aliphatic carbocycles. The molecule has 3 aromatic rings. The first-order valence-corrected chi connectivity index (χ1v) is 10.2. The van der Waals surface area contributed by atoms with Gasteiger partial charge in [0.2, 0.25) is 0 Å². The van der Waals surface area contributed by atoms with E-state index in [1.165, 1.54) is 0 Å². The maximum Gasteiger partial charge on any atom is 0.173 e. The van der Waals surface area contributed by atoms with Crippen LogP contribution in [0.2, 0.25) is 10.0 Å². The summed E-state index contributed by atoms with van der Waals surface area (Å²) < 4.78 is 2.02. The molecule has 6 heteroatoms. The lowest BCUT2D eigenvalue weighted by atomic mass is 9.85. The van der Waals surface area contributed by atoms with Crippen LogP contribution in [0.3, 0.4) is 0 Å². The van der Waals surface area contributed by atoms with Crippen molar-refractivity contribution in [3.8, 4) is 0 Å². The first kappa shape index (κ1) is 20.9. The highest BCUT2D eigenvalue weighted by atomic mass is 35.5. The molecule has 0 saturated heterocycles. The molecule has 0 fully saturated rings. The van der Waals surface area contributed by atoms with E-state index in [1.54, 1.807) is 30.5 Å². The highest BCUT2D eigenvalue weighted by Gasteiger charge is 2.38. The minimum atomic E-state index is -1.41. The van der Waals surface area contributed by atoms with E-state index in [-0.39, 0.29) is 0 Å². The van der Waals surface area contributed by atoms with Gasteiger partial charge in [0.15, 0.2) is 5.60 Å². The quantitative estimate of drug-likeness (QED) is 0.571. The lowest BCUT2D eigenvalue weighted by Crippen LogP contribution is -2.34. The number of aliphatic hydroxyl groups is 1. The summed E-state index contributed by atoms with van der Waals surface area (Å²) in [5.74, 6) is 0.573. The lowest BCUT2D eigenvalue weighted by molar-refractivity contribution is 0.110. The Hall–Kier alpha value is -1.85. The molecule has 0 unspecified atom stereocenters. The van der Waals surface area contributed by atoms with Gasteiger partial charge in [0.1, 0.15) is 5.82 Å². The van der Waals surface area contributed by atoms with Crippen molar-refractivity contribution in [1.29, 1.82) is 0 Å². The summed E-state index contributed by atoms with van der Waals surface area (Å²) in [5, 5.41) is 13.2. The van der Waals surface area contributed by atoms with Crippen molar-refractivity contribution in [3.63, 3.8) is 0 Å². The Labute approximate surface area is 176 Å². The van der Waals surface area contributed by atoms with E-state index in [4.69, 9.17) is 23.2 Å². The first-order chi connectivity index (χ1) is 13.5. The number of halogens is 2. The average Bonchev–Trinajstić information content (AvgIpc) is 3.18. The summed E-state index contributed by atoms with van der Waals surface area (Å²) in [7, 11) is 0. The molecule has 1 N–H and O–H groups in total. The van der Waals surface area contributed by atoms with Gasteiger partial charge < -0.3 is 14.6 Å². The van der Waals surface area contributed by atoms with Gasteiger partial charge >= 0.3 is 0 Å². The molecule has 28 heavy (non-hydrogen) atoms. The van der Waals surface area contributed by atoms with Crippen LogP contribution in [-0.2, 0) is 12.1 Å². The van der Waals surface area contributed by atoms with Crippen molar-refractivity contribution >= 4 is 23.2 Å². The third-order valence-electron chi connectivity index (χ3n) is 5.11. The Morgan fingerprint density at radius 2 is 1.43 bits per heavy atom. The zero-order valence-corrected chi connectivity index (χ0v) is 17.7. The monoisotopic (exact) mass is 417 g/mol. The van der Waals surface area contributed by atoms with Gasteiger partial charge in [0.25, 0.3) is 0 Å². The summed E-state index contributed by atoms with van der Waals surface area (Å²) in [6, 6.07) is 14.4. The highest BCUT2D eigenvalue weighted by molar-refractivity contribution is 6.30. The fourth-order valence-corrected chi connectivity index (χ4v) is 3.66. The van der Waals surface area contributed by atoms with E-state index >= 15 is 0 Å². The van der Waals surface area contributed by atoms with Crippen LogP contribution in [0.1, 0.15) is 30.8 Å². The zero-order chi connectivity index (χ0) is 20.1. The van der Waals surface area contributed by atoms with Crippen molar-refractivity contribution in [1.82, 2.24) is 14.5 Å². The van der Waals surface area contributed by atoms with Crippen LogP contribution in [0, 0.1) is 0 Å². The predicted octanol–water partition coefficient (Wildman–Crippen LogP) is 4.82. The van der Waals surface area contributed by atoms with E-state index < -0.39 is 5.60 Å². The van der Waals surface area contributed by atoms with Gasteiger partial charge in [0, 0.05) is 35.5 Å². The van der Waals surface area contributed by atoms with Crippen LogP contribution in [-0.4, -0.2) is 39.2 Å². The van der Waals surface area contributed by atoms with Gasteiger partial charge in [-0.3, -0.25) is 0 Å². The standard InChI is InChI=1S/C22H25Cl2N3O/c1-3-26(4-2)15-16-27-14-13-25-21(27)22(28,17-5-9-19(23)10-6-17)18-7-11-20(24)12-8-18/h5-14,28H,3-4,15-16H2,1-2H3. The third-order valence-corrected chi connectivity index (χ3v) is 5.62. The smallest absolute Gasteiger partial charge is 0.173 e. The molecule has 0 saturated carbocycles. The van der Waals surface area contributed by atoms with E-state index in [9.17, 15) is 5.11 Å². The van der Waals surface area contributed by atoms with Crippen LogP contribution < -0.4 is 0 Å². The molecular formula is C22H25Cl2N3O. The number of hydrogen-bond donors (Lipinski definition) is 1. The molecule has 1 heterocycles. The Morgan fingerprint density at radius 3 is 1.89 bits per heavy atom. The number of benzene rings is 2. The molecule has 0 atom stereocenters. The van der Waals surface area contributed by atoms with Crippen LogP contribution in [0.15, 0.2) is 60.9 Å². The van der Waals surface area contributed by atoms with Gasteiger partial charge in [-0.2, -0.15) is 0 Å². The van der Waals surface area contributed by atoms with Crippen molar-refractivity contribution < 1.29 is 5.11 Å². The Balaban J connectivity index is 2.07.